The predicted octanol–water partition coefficient (Wildman–Crippen LogP) is 1.51. The summed E-state index contributed by atoms with van der Waals surface area (Å²) in [5.41, 5.74) is 12.9. The van der Waals surface area contributed by atoms with Gasteiger partial charge in [-0.25, -0.2) is 9.98 Å². The third-order valence-corrected chi connectivity index (χ3v) is 6.41. The number of halogens is 1. The molecular formula is C25H28ClN7O4. The van der Waals surface area contributed by atoms with Crippen LogP contribution in [-0.4, -0.2) is 65.7 Å². The molecule has 0 radical (unpaired) electrons. The van der Waals surface area contributed by atoms with Gasteiger partial charge in [-0.2, -0.15) is 0 Å². The number of guanidine groups is 1. The molecule has 12 heteroatoms. The number of benzene rings is 2. The third kappa shape index (κ3) is 6.07. The maximum Gasteiger partial charge on any atom is 0.266 e. The highest BCUT2D eigenvalue weighted by Gasteiger charge is 2.36. The van der Waals surface area contributed by atoms with Gasteiger partial charge in [0.1, 0.15) is 17.6 Å². The van der Waals surface area contributed by atoms with E-state index in [4.69, 9.17) is 27.5 Å². The number of Topliss-reactive ketones (excluding diaryl/α,β-unsaturated/α-hetero) is 1. The van der Waals surface area contributed by atoms with Gasteiger partial charge in [-0.3, -0.25) is 14.4 Å². The molecule has 1 aromatic heterocycles. The van der Waals surface area contributed by atoms with Crippen molar-refractivity contribution in [3.05, 3.63) is 58.9 Å². The van der Waals surface area contributed by atoms with Crippen molar-refractivity contribution in [1.82, 2.24) is 20.5 Å². The molecule has 2 unspecified atom stereocenters. The first-order valence-corrected chi connectivity index (χ1v) is 12.2. The number of ketones is 1. The Hall–Kier alpha value is -3.96. The van der Waals surface area contributed by atoms with Crippen LogP contribution in [0, 0.1) is 0 Å². The maximum atomic E-state index is 13.6. The highest BCUT2D eigenvalue weighted by Crippen LogP contribution is 2.26. The zero-order valence-electron chi connectivity index (χ0n) is 20.2. The lowest BCUT2D eigenvalue weighted by atomic mass is 10.0. The van der Waals surface area contributed by atoms with Crippen LogP contribution < -0.4 is 22.1 Å². The number of hydrogen-bond donors (Lipinski definition) is 4. The molecule has 1 saturated heterocycles. The van der Waals surface area contributed by atoms with Crippen molar-refractivity contribution in [1.29, 1.82) is 0 Å². The second-order valence-electron chi connectivity index (χ2n) is 8.70. The van der Waals surface area contributed by atoms with Gasteiger partial charge in [0.15, 0.2) is 11.5 Å². The zero-order valence-corrected chi connectivity index (χ0v) is 21.0. The SMILES string of the molecule is CNCC(=O)N1CCCC1C(=O)NC(Cc1ccc(N=C(N)N)cc1Cl)C(=O)c1nc2ccccc2o1. The van der Waals surface area contributed by atoms with Crippen molar-refractivity contribution < 1.29 is 18.8 Å². The minimum Gasteiger partial charge on any atom is -0.434 e. The first kappa shape index (κ1) is 26.1. The monoisotopic (exact) mass is 525 g/mol. The van der Waals surface area contributed by atoms with Crippen LogP contribution in [0.2, 0.25) is 5.02 Å². The quantitative estimate of drug-likeness (QED) is 0.185. The van der Waals surface area contributed by atoms with E-state index in [2.05, 4.69) is 20.6 Å². The molecule has 0 aliphatic carbocycles. The van der Waals surface area contributed by atoms with Gasteiger partial charge >= 0.3 is 0 Å². The first-order chi connectivity index (χ1) is 17.8. The van der Waals surface area contributed by atoms with E-state index >= 15 is 0 Å². The number of rotatable bonds is 9. The van der Waals surface area contributed by atoms with Crippen LogP contribution in [0.3, 0.4) is 0 Å². The standard InChI is InChI=1S/C25H28ClN7O4/c1-29-13-21(34)33-10-4-6-19(33)23(36)31-18(11-14-8-9-15(12-16(14)26)30-25(27)28)22(35)24-32-17-5-2-3-7-20(17)37-24/h2-3,5,7-9,12,18-19,29H,4,6,10-11,13H2,1H3,(H,31,36)(H4,27,28,30). The fourth-order valence-electron chi connectivity index (χ4n) is 4.33. The second kappa shape index (κ2) is 11.4. The Bertz CT molecular complexity index is 1320. The van der Waals surface area contributed by atoms with E-state index in [9.17, 15) is 14.4 Å². The van der Waals surface area contributed by atoms with E-state index < -0.39 is 23.8 Å². The van der Waals surface area contributed by atoms with E-state index in [1.807, 2.05) is 0 Å². The molecule has 3 aromatic rings. The number of fused-ring (bicyclic) bond motifs is 1. The molecule has 4 rings (SSSR count). The topological polar surface area (TPSA) is 169 Å². The van der Waals surface area contributed by atoms with Gasteiger partial charge in [-0.1, -0.05) is 29.8 Å². The van der Waals surface area contributed by atoms with E-state index in [1.165, 1.54) is 4.90 Å². The van der Waals surface area contributed by atoms with Crippen molar-refractivity contribution >= 4 is 51.9 Å². The largest absolute Gasteiger partial charge is 0.434 e. The predicted molar refractivity (Wildman–Crippen MR) is 140 cm³/mol. The summed E-state index contributed by atoms with van der Waals surface area (Å²) >= 11 is 6.46. The van der Waals surface area contributed by atoms with Crippen LogP contribution in [0.25, 0.3) is 11.1 Å². The van der Waals surface area contributed by atoms with Crippen molar-refractivity contribution in [2.75, 3.05) is 20.1 Å². The number of nitrogens with zero attached hydrogens (tertiary/aromatic N) is 3. The first-order valence-electron chi connectivity index (χ1n) is 11.8. The molecule has 11 nitrogen and oxygen atoms in total. The summed E-state index contributed by atoms with van der Waals surface area (Å²) in [6, 6.07) is 10.2. The number of likely N-dealkylation sites (N-methyl/N-ethyl adjacent to an activating group) is 1. The zero-order chi connectivity index (χ0) is 26.5. The van der Waals surface area contributed by atoms with Crippen LogP contribution in [0.4, 0.5) is 5.69 Å². The smallest absolute Gasteiger partial charge is 0.266 e. The number of amides is 2. The van der Waals surface area contributed by atoms with Gasteiger partial charge in [0, 0.05) is 18.0 Å². The highest BCUT2D eigenvalue weighted by atomic mass is 35.5. The highest BCUT2D eigenvalue weighted by molar-refractivity contribution is 6.31. The number of likely N-dealkylation sites (tertiary alicyclic amines) is 1. The maximum absolute atomic E-state index is 13.6. The third-order valence-electron chi connectivity index (χ3n) is 6.06. The number of hydrogen-bond acceptors (Lipinski definition) is 7. The van der Waals surface area contributed by atoms with Crippen molar-refractivity contribution in [2.24, 2.45) is 16.5 Å². The summed E-state index contributed by atoms with van der Waals surface area (Å²) in [7, 11) is 1.67. The van der Waals surface area contributed by atoms with Crippen LogP contribution in [0.1, 0.15) is 29.1 Å². The molecule has 194 valence electrons. The van der Waals surface area contributed by atoms with Gasteiger partial charge in [-0.05, 0) is 49.7 Å². The molecule has 1 aliphatic heterocycles. The molecule has 2 heterocycles. The number of carbonyl (C=O) groups is 3. The van der Waals surface area contributed by atoms with E-state index in [0.717, 1.165) is 0 Å². The Labute approximate surface area is 218 Å². The molecule has 0 spiro atoms. The van der Waals surface area contributed by atoms with Crippen molar-refractivity contribution in [3.8, 4) is 0 Å². The fraction of sp³-hybridized carbons (Fsp3) is 0.320. The summed E-state index contributed by atoms with van der Waals surface area (Å²) < 4.78 is 5.68. The number of para-hydroxylation sites is 2. The molecule has 0 bridgehead atoms. The Kier molecular flexibility index (Phi) is 8.04. The van der Waals surface area contributed by atoms with Crippen LogP contribution in [0.15, 0.2) is 51.9 Å². The lowest BCUT2D eigenvalue weighted by Gasteiger charge is -2.26. The lowest BCUT2D eigenvalue weighted by molar-refractivity contribution is -0.137. The van der Waals surface area contributed by atoms with Gasteiger partial charge in [-0.15, -0.1) is 0 Å². The second-order valence-corrected chi connectivity index (χ2v) is 9.11. The molecular weight excluding hydrogens is 498 g/mol. The molecule has 1 fully saturated rings. The van der Waals surface area contributed by atoms with Crippen molar-refractivity contribution in [3.63, 3.8) is 0 Å². The van der Waals surface area contributed by atoms with E-state index in [-0.39, 0.29) is 30.7 Å². The number of nitrogens with one attached hydrogen (secondary N) is 2. The van der Waals surface area contributed by atoms with Crippen LogP contribution >= 0.6 is 11.6 Å². The molecule has 0 saturated carbocycles. The number of carbonyl (C=O) groups excluding carboxylic acids is 3. The van der Waals surface area contributed by atoms with Crippen LogP contribution in [-0.2, 0) is 16.0 Å². The number of aromatic nitrogens is 1. The summed E-state index contributed by atoms with van der Waals surface area (Å²) in [6.07, 6.45) is 1.25. The van der Waals surface area contributed by atoms with E-state index in [0.29, 0.717) is 46.8 Å². The summed E-state index contributed by atoms with van der Waals surface area (Å²) in [5, 5.41) is 5.96. The number of oxazole rings is 1. The molecule has 6 N–H and O–H groups in total. The molecule has 2 aromatic carbocycles. The van der Waals surface area contributed by atoms with Crippen molar-refractivity contribution in [2.45, 2.75) is 31.3 Å². The van der Waals surface area contributed by atoms with Crippen LogP contribution in [0.5, 0.6) is 0 Å². The Balaban J connectivity index is 1.62. The number of nitrogens with two attached hydrogens (primary N) is 2. The molecule has 1 aliphatic rings. The number of aliphatic imine (C=N–C) groups is 1. The molecule has 37 heavy (non-hydrogen) atoms. The average molecular weight is 526 g/mol. The normalized spacial score (nSPS) is 15.9. The lowest BCUT2D eigenvalue weighted by Crippen LogP contribution is -2.52. The average Bonchev–Trinajstić information content (AvgIpc) is 3.52. The Morgan fingerprint density at radius 1 is 1.24 bits per heavy atom. The molecule has 2 amide bonds. The van der Waals surface area contributed by atoms with Gasteiger partial charge in [0.2, 0.25) is 17.6 Å². The summed E-state index contributed by atoms with van der Waals surface area (Å²) in [5.74, 6) is -1.37. The minimum atomic E-state index is -1.05. The van der Waals surface area contributed by atoms with E-state index in [1.54, 1.807) is 49.5 Å². The Morgan fingerprint density at radius 2 is 2.03 bits per heavy atom. The molecule has 2 atom stereocenters. The fourth-order valence-corrected chi connectivity index (χ4v) is 4.59. The Morgan fingerprint density at radius 3 is 2.73 bits per heavy atom. The summed E-state index contributed by atoms with van der Waals surface area (Å²) in [6.45, 7) is 0.590. The summed E-state index contributed by atoms with van der Waals surface area (Å²) in [4.78, 5) is 49.2. The van der Waals surface area contributed by atoms with Gasteiger partial charge in [0.05, 0.1) is 12.2 Å². The minimum absolute atomic E-state index is 0.0570. The van der Waals surface area contributed by atoms with Gasteiger partial charge < -0.3 is 31.4 Å². The van der Waals surface area contributed by atoms with Gasteiger partial charge in [0.25, 0.3) is 5.89 Å².